The molecule has 0 spiro atoms. The SMILES string of the molecule is O=C(CCNC(=O)c1ccc(Cl)cc1)NCC#Cc1cccc(C(F)(F)F)c1. The second-order valence-corrected chi connectivity index (χ2v) is 6.11. The second kappa shape index (κ2) is 9.81. The van der Waals surface area contributed by atoms with Gasteiger partial charge in [-0.25, -0.2) is 0 Å². The predicted molar refractivity (Wildman–Crippen MR) is 99.7 cm³/mol. The van der Waals surface area contributed by atoms with Crippen LogP contribution in [0.15, 0.2) is 48.5 Å². The third-order valence-corrected chi connectivity index (χ3v) is 3.79. The van der Waals surface area contributed by atoms with Crippen LogP contribution in [0.25, 0.3) is 0 Å². The van der Waals surface area contributed by atoms with Crippen LogP contribution in [0.3, 0.4) is 0 Å². The largest absolute Gasteiger partial charge is 0.416 e. The van der Waals surface area contributed by atoms with Gasteiger partial charge in [-0.1, -0.05) is 29.5 Å². The summed E-state index contributed by atoms with van der Waals surface area (Å²) in [7, 11) is 0. The molecule has 0 radical (unpaired) electrons. The minimum atomic E-state index is -4.43. The summed E-state index contributed by atoms with van der Waals surface area (Å²) in [5.41, 5.74) is -0.143. The van der Waals surface area contributed by atoms with Crippen molar-refractivity contribution in [2.75, 3.05) is 13.1 Å². The summed E-state index contributed by atoms with van der Waals surface area (Å²) < 4.78 is 37.9. The molecule has 146 valence electrons. The Morgan fingerprint density at radius 3 is 2.43 bits per heavy atom. The number of nitrogens with one attached hydrogen (secondary N) is 2. The van der Waals surface area contributed by atoms with Crippen molar-refractivity contribution in [1.82, 2.24) is 10.6 Å². The van der Waals surface area contributed by atoms with Gasteiger partial charge < -0.3 is 10.6 Å². The molecule has 0 aliphatic rings. The van der Waals surface area contributed by atoms with Crippen molar-refractivity contribution in [2.45, 2.75) is 12.6 Å². The van der Waals surface area contributed by atoms with E-state index >= 15 is 0 Å². The minimum Gasteiger partial charge on any atom is -0.352 e. The Morgan fingerprint density at radius 2 is 1.75 bits per heavy atom. The number of halogens is 4. The topological polar surface area (TPSA) is 58.2 Å². The highest BCUT2D eigenvalue weighted by atomic mass is 35.5. The maximum absolute atomic E-state index is 12.6. The smallest absolute Gasteiger partial charge is 0.352 e. The maximum Gasteiger partial charge on any atom is 0.416 e. The second-order valence-electron chi connectivity index (χ2n) is 5.67. The van der Waals surface area contributed by atoms with Gasteiger partial charge in [0.05, 0.1) is 12.1 Å². The molecule has 0 saturated carbocycles. The van der Waals surface area contributed by atoms with Crippen molar-refractivity contribution in [3.05, 3.63) is 70.2 Å². The molecule has 0 aliphatic carbocycles. The van der Waals surface area contributed by atoms with E-state index in [-0.39, 0.29) is 36.9 Å². The molecule has 2 aromatic rings. The van der Waals surface area contributed by atoms with E-state index in [0.717, 1.165) is 12.1 Å². The zero-order chi connectivity index (χ0) is 20.6. The molecule has 0 bridgehead atoms. The molecule has 2 aromatic carbocycles. The van der Waals surface area contributed by atoms with Crippen molar-refractivity contribution >= 4 is 23.4 Å². The monoisotopic (exact) mass is 408 g/mol. The zero-order valence-electron chi connectivity index (χ0n) is 14.6. The lowest BCUT2D eigenvalue weighted by atomic mass is 10.1. The van der Waals surface area contributed by atoms with Crippen molar-refractivity contribution in [2.24, 2.45) is 0 Å². The van der Waals surface area contributed by atoms with Crippen molar-refractivity contribution < 1.29 is 22.8 Å². The van der Waals surface area contributed by atoms with Gasteiger partial charge in [-0.15, -0.1) is 0 Å². The van der Waals surface area contributed by atoms with Crippen LogP contribution >= 0.6 is 11.6 Å². The van der Waals surface area contributed by atoms with Crippen LogP contribution in [0.5, 0.6) is 0 Å². The van der Waals surface area contributed by atoms with Crippen LogP contribution in [0.1, 0.15) is 27.9 Å². The lowest BCUT2D eigenvalue weighted by molar-refractivity contribution is -0.137. The van der Waals surface area contributed by atoms with E-state index in [1.807, 2.05) is 0 Å². The summed E-state index contributed by atoms with van der Waals surface area (Å²) in [6, 6.07) is 11.0. The van der Waals surface area contributed by atoms with E-state index in [1.54, 1.807) is 24.3 Å². The predicted octanol–water partition coefficient (Wildman–Crippen LogP) is 3.65. The van der Waals surface area contributed by atoms with Crippen LogP contribution in [-0.2, 0) is 11.0 Å². The number of carbonyl (C=O) groups is 2. The Bertz CT molecular complexity index is 900. The van der Waals surface area contributed by atoms with Gasteiger partial charge in [0.25, 0.3) is 5.91 Å². The quantitative estimate of drug-likeness (QED) is 0.742. The average Bonchev–Trinajstić information content (AvgIpc) is 2.65. The molecular formula is C20H16ClF3N2O2. The summed E-state index contributed by atoms with van der Waals surface area (Å²) >= 11 is 5.74. The fourth-order valence-corrected chi connectivity index (χ4v) is 2.27. The number of alkyl halides is 3. The normalized spacial score (nSPS) is 10.6. The third-order valence-electron chi connectivity index (χ3n) is 3.54. The molecule has 4 nitrogen and oxygen atoms in total. The van der Waals surface area contributed by atoms with Gasteiger partial charge in [0, 0.05) is 29.1 Å². The first-order chi connectivity index (χ1) is 13.3. The molecule has 2 rings (SSSR count). The lowest BCUT2D eigenvalue weighted by Crippen LogP contribution is -2.30. The van der Waals surface area contributed by atoms with E-state index in [0.29, 0.717) is 10.6 Å². The Morgan fingerprint density at radius 1 is 1.04 bits per heavy atom. The van der Waals surface area contributed by atoms with Gasteiger partial charge in [0.2, 0.25) is 5.91 Å². The molecule has 0 heterocycles. The summed E-state index contributed by atoms with van der Waals surface area (Å²) in [4.78, 5) is 23.6. The van der Waals surface area contributed by atoms with E-state index in [4.69, 9.17) is 11.6 Å². The fourth-order valence-electron chi connectivity index (χ4n) is 2.14. The summed E-state index contributed by atoms with van der Waals surface area (Å²) in [6.07, 6.45) is -4.38. The van der Waals surface area contributed by atoms with E-state index in [2.05, 4.69) is 22.5 Å². The van der Waals surface area contributed by atoms with Gasteiger partial charge >= 0.3 is 6.18 Å². The molecule has 8 heteroatoms. The number of carbonyl (C=O) groups excluding carboxylic acids is 2. The van der Waals surface area contributed by atoms with E-state index in [9.17, 15) is 22.8 Å². The Kier molecular flexibility index (Phi) is 7.47. The highest BCUT2D eigenvalue weighted by Gasteiger charge is 2.30. The van der Waals surface area contributed by atoms with Gasteiger partial charge in [0.1, 0.15) is 0 Å². The Labute approximate surface area is 165 Å². The molecule has 2 N–H and O–H groups in total. The first-order valence-corrected chi connectivity index (χ1v) is 8.60. The highest BCUT2D eigenvalue weighted by molar-refractivity contribution is 6.30. The van der Waals surface area contributed by atoms with Crippen LogP contribution in [0.4, 0.5) is 13.2 Å². The highest BCUT2D eigenvalue weighted by Crippen LogP contribution is 2.29. The maximum atomic E-state index is 12.6. The molecule has 2 amide bonds. The standard InChI is InChI=1S/C20H16ClF3N2O2/c21-17-8-6-15(7-9-17)19(28)26-12-10-18(27)25-11-2-4-14-3-1-5-16(13-14)20(22,23)24/h1,3,5-9,13H,10-12H2,(H,25,27)(H,26,28). The molecular weight excluding hydrogens is 393 g/mol. The van der Waals surface area contributed by atoms with Crippen molar-refractivity contribution in [1.29, 1.82) is 0 Å². The van der Waals surface area contributed by atoms with Gasteiger partial charge in [-0.05, 0) is 42.5 Å². The zero-order valence-corrected chi connectivity index (χ0v) is 15.3. The average molecular weight is 409 g/mol. The minimum absolute atomic E-state index is 0.0137. The van der Waals surface area contributed by atoms with Gasteiger partial charge in [-0.3, -0.25) is 9.59 Å². The lowest BCUT2D eigenvalue weighted by Gasteiger charge is -2.06. The molecule has 0 aliphatic heterocycles. The summed E-state index contributed by atoms with van der Waals surface area (Å²) in [5.74, 6) is 4.50. The Hall–Kier alpha value is -2.98. The van der Waals surface area contributed by atoms with E-state index < -0.39 is 11.7 Å². The van der Waals surface area contributed by atoms with Crippen LogP contribution in [0.2, 0.25) is 5.02 Å². The first kappa shape index (κ1) is 21.3. The van der Waals surface area contributed by atoms with Crippen LogP contribution < -0.4 is 10.6 Å². The van der Waals surface area contributed by atoms with Crippen molar-refractivity contribution in [3.8, 4) is 11.8 Å². The van der Waals surface area contributed by atoms with Crippen LogP contribution in [-0.4, -0.2) is 24.9 Å². The molecule has 0 aromatic heterocycles. The van der Waals surface area contributed by atoms with Crippen LogP contribution in [0, 0.1) is 11.8 Å². The molecule has 0 fully saturated rings. The number of hydrogen-bond acceptors (Lipinski definition) is 2. The fraction of sp³-hybridized carbons (Fsp3) is 0.200. The van der Waals surface area contributed by atoms with Gasteiger partial charge in [-0.2, -0.15) is 13.2 Å². The molecule has 28 heavy (non-hydrogen) atoms. The Balaban J connectivity index is 1.73. The number of amides is 2. The third kappa shape index (κ3) is 6.97. The van der Waals surface area contributed by atoms with Crippen molar-refractivity contribution in [3.63, 3.8) is 0 Å². The summed E-state index contributed by atoms with van der Waals surface area (Å²) in [6.45, 7) is 0.120. The number of hydrogen-bond donors (Lipinski definition) is 2. The first-order valence-electron chi connectivity index (χ1n) is 8.22. The number of benzene rings is 2. The molecule has 0 unspecified atom stereocenters. The molecule has 0 atom stereocenters. The van der Waals surface area contributed by atoms with Gasteiger partial charge in [0.15, 0.2) is 0 Å². The molecule has 0 saturated heterocycles. The number of rotatable bonds is 5. The summed E-state index contributed by atoms with van der Waals surface area (Å²) in [5, 5.41) is 5.63. The van der Waals surface area contributed by atoms with E-state index in [1.165, 1.54) is 12.1 Å².